The Bertz CT molecular complexity index is 300. The van der Waals surface area contributed by atoms with Gasteiger partial charge in [-0.15, -0.1) is 12.8 Å². The molecular weight excluding hydrogens is 232 g/mol. The van der Waals surface area contributed by atoms with Crippen LogP contribution in [0.15, 0.2) is 0 Å². The third-order valence-electron chi connectivity index (χ3n) is 2.39. The van der Waals surface area contributed by atoms with Gasteiger partial charge in [-0.25, -0.2) is 0 Å². The van der Waals surface area contributed by atoms with Crippen LogP contribution in [0.4, 0.5) is 13.2 Å². The summed E-state index contributed by atoms with van der Waals surface area (Å²) in [4.78, 5) is 0. The van der Waals surface area contributed by atoms with Crippen LogP contribution in [0.2, 0.25) is 0 Å². The summed E-state index contributed by atoms with van der Waals surface area (Å²) >= 11 is 0. The molecule has 0 rings (SSSR count). The molecule has 90 valence electrons. The molecule has 0 N–H and O–H groups in total. The second kappa shape index (κ2) is 4.68. The van der Waals surface area contributed by atoms with Gasteiger partial charge in [0.05, 0.1) is 6.16 Å². The average molecular weight is 248 g/mol. The number of halogens is 3. The van der Waals surface area contributed by atoms with Gasteiger partial charge in [-0.2, -0.15) is 13.2 Å². The molecule has 0 saturated heterocycles. The molecule has 0 aromatic rings. The first-order chi connectivity index (χ1) is 6.96. The molecule has 4 heteroatoms. The standard InChI is InChI=1S/C12H16F3P/c1-7-10(3,4)16(9-12(13,14)15)11(5,6)8-2/h1-2H,9H2,3-6H3. The fourth-order valence-corrected chi connectivity index (χ4v) is 4.29. The van der Waals surface area contributed by atoms with Gasteiger partial charge >= 0.3 is 6.18 Å². The quantitative estimate of drug-likeness (QED) is 0.525. The van der Waals surface area contributed by atoms with Gasteiger partial charge in [0.2, 0.25) is 0 Å². The van der Waals surface area contributed by atoms with Crippen molar-refractivity contribution in [3.05, 3.63) is 0 Å². The van der Waals surface area contributed by atoms with Crippen LogP contribution >= 0.6 is 7.92 Å². The molecule has 16 heavy (non-hydrogen) atoms. The molecule has 0 aliphatic rings. The van der Waals surface area contributed by atoms with Crippen molar-refractivity contribution in [1.82, 2.24) is 0 Å². The molecule has 0 saturated carbocycles. The highest BCUT2D eigenvalue weighted by Crippen LogP contribution is 2.61. The van der Waals surface area contributed by atoms with Gasteiger partial charge in [-0.1, -0.05) is 19.8 Å². The van der Waals surface area contributed by atoms with E-state index in [1.807, 2.05) is 0 Å². The molecule has 0 fully saturated rings. The van der Waals surface area contributed by atoms with Crippen LogP contribution in [-0.4, -0.2) is 22.7 Å². The Morgan fingerprint density at radius 1 is 0.938 bits per heavy atom. The Hall–Kier alpha value is -0.660. The molecular formula is C12H16F3P. The highest BCUT2D eigenvalue weighted by atomic mass is 31.1. The highest BCUT2D eigenvalue weighted by molar-refractivity contribution is 7.61. The molecule has 0 bridgehead atoms. The van der Waals surface area contributed by atoms with Crippen LogP contribution < -0.4 is 0 Å². The zero-order valence-electron chi connectivity index (χ0n) is 9.94. The maximum atomic E-state index is 12.5. The van der Waals surface area contributed by atoms with Crippen molar-refractivity contribution in [3.8, 4) is 24.7 Å². The zero-order chi connectivity index (χ0) is 13.2. The van der Waals surface area contributed by atoms with Gasteiger partial charge < -0.3 is 0 Å². The Morgan fingerprint density at radius 3 is 1.44 bits per heavy atom. The Labute approximate surface area is 96.7 Å². The second-order valence-corrected chi connectivity index (χ2v) is 8.02. The van der Waals surface area contributed by atoms with Gasteiger partial charge in [0.1, 0.15) is 0 Å². The molecule has 0 aliphatic heterocycles. The van der Waals surface area contributed by atoms with E-state index in [9.17, 15) is 13.2 Å². The van der Waals surface area contributed by atoms with Gasteiger partial charge in [-0.3, -0.25) is 0 Å². The zero-order valence-corrected chi connectivity index (χ0v) is 10.8. The predicted octanol–water partition coefficient (Wildman–Crippen LogP) is 3.85. The van der Waals surface area contributed by atoms with E-state index in [4.69, 9.17) is 12.8 Å². The first kappa shape index (κ1) is 15.3. The summed E-state index contributed by atoms with van der Waals surface area (Å²) in [6, 6.07) is 0. The fraction of sp³-hybridized carbons (Fsp3) is 0.667. The average Bonchev–Trinajstić information content (AvgIpc) is 2.12. The van der Waals surface area contributed by atoms with E-state index < -0.39 is 30.6 Å². The molecule has 0 aromatic heterocycles. The number of terminal acetylenes is 2. The number of hydrogen-bond acceptors (Lipinski definition) is 0. The minimum Gasteiger partial charge on any atom is -0.171 e. The third kappa shape index (κ3) is 4.07. The summed E-state index contributed by atoms with van der Waals surface area (Å²) < 4.78 is 37.6. The van der Waals surface area contributed by atoms with Crippen molar-refractivity contribution >= 4 is 7.92 Å². The van der Waals surface area contributed by atoms with Crippen LogP contribution in [0, 0.1) is 24.7 Å². The first-order valence-electron chi connectivity index (χ1n) is 4.76. The lowest BCUT2D eigenvalue weighted by Gasteiger charge is -2.40. The van der Waals surface area contributed by atoms with Crippen molar-refractivity contribution in [1.29, 1.82) is 0 Å². The van der Waals surface area contributed by atoms with Gasteiger partial charge in [0.25, 0.3) is 0 Å². The lowest BCUT2D eigenvalue weighted by molar-refractivity contribution is -0.106. The number of hydrogen-bond donors (Lipinski definition) is 0. The summed E-state index contributed by atoms with van der Waals surface area (Å²) in [6.07, 6.45) is 5.50. The summed E-state index contributed by atoms with van der Waals surface area (Å²) in [5.74, 6) is 4.88. The van der Waals surface area contributed by atoms with Crippen molar-refractivity contribution in [2.75, 3.05) is 6.16 Å². The van der Waals surface area contributed by atoms with E-state index in [2.05, 4.69) is 11.8 Å². The molecule has 0 radical (unpaired) electrons. The summed E-state index contributed by atoms with van der Waals surface area (Å²) in [5.41, 5.74) is 0. The predicted molar refractivity (Wildman–Crippen MR) is 63.7 cm³/mol. The molecule has 0 heterocycles. The van der Waals surface area contributed by atoms with Gasteiger partial charge in [-0.05, 0) is 27.7 Å². The summed E-state index contributed by atoms with van der Waals surface area (Å²) in [7, 11) is -1.53. The second-order valence-electron chi connectivity index (χ2n) is 4.61. The van der Waals surface area contributed by atoms with Crippen molar-refractivity contribution < 1.29 is 13.2 Å². The minimum absolute atomic E-state index is 0.819. The van der Waals surface area contributed by atoms with Crippen LogP contribution in [0.1, 0.15) is 27.7 Å². The molecule has 0 unspecified atom stereocenters. The van der Waals surface area contributed by atoms with E-state index in [0.717, 1.165) is 0 Å². The normalized spacial score (nSPS) is 13.4. The lowest BCUT2D eigenvalue weighted by atomic mass is 10.2. The van der Waals surface area contributed by atoms with Gasteiger partial charge in [0.15, 0.2) is 0 Å². The fourth-order valence-electron chi connectivity index (χ4n) is 1.43. The smallest absolute Gasteiger partial charge is 0.171 e. The number of alkyl halides is 3. The molecule has 0 aliphatic carbocycles. The molecule has 0 atom stereocenters. The monoisotopic (exact) mass is 248 g/mol. The summed E-state index contributed by atoms with van der Waals surface area (Å²) in [5, 5.41) is -1.64. The third-order valence-corrected chi connectivity index (χ3v) is 6.03. The Morgan fingerprint density at radius 2 is 1.25 bits per heavy atom. The van der Waals surface area contributed by atoms with E-state index in [0.29, 0.717) is 0 Å². The molecule has 0 amide bonds. The maximum Gasteiger partial charge on any atom is 0.393 e. The minimum atomic E-state index is -4.23. The van der Waals surface area contributed by atoms with Gasteiger partial charge in [0, 0.05) is 10.3 Å². The number of rotatable bonds is 3. The molecule has 0 spiro atoms. The topological polar surface area (TPSA) is 0 Å². The largest absolute Gasteiger partial charge is 0.393 e. The van der Waals surface area contributed by atoms with Crippen LogP contribution in [0.5, 0.6) is 0 Å². The van der Waals surface area contributed by atoms with Crippen LogP contribution in [0.25, 0.3) is 0 Å². The molecule has 0 nitrogen and oxygen atoms in total. The molecule has 0 aromatic carbocycles. The van der Waals surface area contributed by atoms with Crippen LogP contribution in [-0.2, 0) is 0 Å². The maximum absolute atomic E-state index is 12.5. The van der Waals surface area contributed by atoms with E-state index in [-0.39, 0.29) is 0 Å². The summed E-state index contributed by atoms with van der Waals surface area (Å²) in [6.45, 7) is 6.57. The lowest BCUT2D eigenvalue weighted by Crippen LogP contribution is -2.33. The van der Waals surface area contributed by atoms with Crippen molar-refractivity contribution in [2.45, 2.75) is 44.2 Å². The Balaban J connectivity index is 5.28. The van der Waals surface area contributed by atoms with E-state index in [1.54, 1.807) is 27.7 Å². The van der Waals surface area contributed by atoms with Crippen LogP contribution in [0.3, 0.4) is 0 Å². The van der Waals surface area contributed by atoms with Crippen molar-refractivity contribution in [3.63, 3.8) is 0 Å². The van der Waals surface area contributed by atoms with Crippen molar-refractivity contribution in [2.24, 2.45) is 0 Å². The van der Waals surface area contributed by atoms with E-state index in [1.165, 1.54) is 0 Å². The SMILES string of the molecule is C#CC(C)(C)P(CC(F)(F)F)C(C)(C)C#C. The van der Waals surface area contributed by atoms with E-state index >= 15 is 0 Å². The first-order valence-corrected chi connectivity index (χ1v) is 6.29. The highest BCUT2D eigenvalue weighted by Gasteiger charge is 2.45. The Kier molecular flexibility index (Phi) is 4.49.